The van der Waals surface area contributed by atoms with Crippen LogP contribution in [0.4, 0.5) is 0 Å². The van der Waals surface area contributed by atoms with Gasteiger partial charge in [0.2, 0.25) is 0 Å². The van der Waals surface area contributed by atoms with Crippen LogP contribution < -0.4 is 24.8 Å². The molecule has 0 heterocycles. The van der Waals surface area contributed by atoms with Gasteiger partial charge in [0, 0.05) is 0 Å². The topological polar surface area (TPSA) is 0 Å². The first kappa shape index (κ1) is 33.3. The third-order valence-electron chi connectivity index (χ3n) is 5.77. The second kappa shape index (κ2) is 13.5. The largest absolute Gasteiger partial charge is 1.00 e. The normalized spacial score (nSPS) is 12.8. The molecule has 0 amide bonds. The van der Waals surface area contributed by atoms with E-state index in [0.717, 1.165) is 12.8 Å². The Balaban J connectivity index is 0.000000840. The van der Waals surface area contributed by atoms with Gasteiger partial charge in [-0.1, -0.05) is 60.6 Å². The Labute approximate surface area is 236 Å². The van der Waals surface area contributed by atoms with E-state index in [2.05, 4.69) is 106 Å². The van der Waals surface area contributed by atoms with Gasteiger partial charge in [-0.2, -0.15) is 29.3 Å². The van der Waals surface area contributed by atoms with Gasteiger partial charge >= 0.3 is 41.3 Å². The van der Waals surface area contributed by atoms with Crippen molar-refractivity contribution in [2.24, 2.45) is 0 Å². The molecule has 2 aliphatic carbocycles. The zero-order chi connectivity index (χ0) is 24.3. The van der Waals surface area contributed by atoms with E-state index >= 15 is 0 Å². The van der Waals surface area contributed by atoms with E-state index in [1.807, 2.05) is 12.2 Å². The number of hydrogen-bond donors (Lipinski definition) is 0. The van der Waals surface area contributed by atoms with Crippen molar-refractivity contribution in [1.82, 2.24) is 0 Å². The second-order valence-corrected chi connectivity index (χ2v) is 13.7. The van der Waals surface area contributed by atoms with Crippen LogP contribution in [0.25, 0.3) is 11.1 Å². The van der Waals surface area contributed by atoms with E-state index in [1.54, 1.807) is 24.2 Å². The molecule has 2 aliphatic rings. The molecule has 3 heteroatoms. The van der Waals surface area contributed by atoms with Crippen molar-refractivity contribution in [2.45, 2.75) is 92.9 Å². The van der Waals surface area contributed by atoms with Gasteiger partial charge in [0.25, 0.3) is 0 Å². The summed E-state index contributed by atoms with van der Waals surface area (Å²) in [4.78, 5) is 0. The molecule has 34 heavy (non-hydrogen) atoms. The van der Waals surface area contributed by atoms with Crippen molar-refractivity contribution in [3.05, 3.63) is 82.0 Å². The number of allylic oxidation sites excluding steroid dienone is 4. The van der Waals surface area contributed by atoms with Crippen molar-refractivity contribution in [2.75, 3.05) is 0 Å². The van der Waals surface area contributed by atoms with Gasteiger partial charge in [-0.05, 0) is 46.4 Å². The van der Waals surface area contributed by atoms with Gasteiger partial charge in [0.1, 0.15) is 0 Å². The molecule has 2 aromatic rings. The van der Waals surface area contributed by atoms with Crippen LogP contribution in [0.5, 0.6) is 0 Å². The van der Waals surface area contributed by atoms with Crippen LogP contribution in [0.2, 0.25) is 0 Å². The average Bonchev–Trinajstić information content (AvgIpc) is 3.31. The number of benzene rings is 2. The maximum atomic E-state index is 3.65. The maximum Gasteiger partial charge on any atom is -0.0132 e. The van der Waals surface area contributed by atoms with Crippen molar-refractivity contribution in [3.8, 4) is 11.1 Å². The Morgan fingerprint density at radius 3 is 1.82 bits per heavy atom. The molecular formula is C31H40Cl2Zr-2. The van der Waals surface area contributed by atoms with Crippen LogP contribution in [0.3, 0.4) is 0 Å². The summed E-state index contributed by atoms with van der Waals surface area (Å²) in [6.45, 7) is 22.5. The second-order valence-electron chi connectivity index (χ2n) is 11.2. The first-order valence-electron chi connectivity index (χ1n) is 11.7. The van der Waals surface area contributed by atoms with Gasteiger partial charge < -0.3 is 24.8 Å². The standard InChI is InChI=1S/C23H29.C5H5.C3H6.2ClH.Zr/c1-14-9-16(22(3,4)5)11-20-18(14)13-19-15(2)10-17(12-21(19)20)23(6,7)8;1-2-4-5-3-1;1-3-2;;;/h9,11-12H,13H2,1-8H3;1-3H,4H2;1-2H3;2*1H;/q2*-1;;;;+2/p-2. The van der Waals surface area contributed by atoms with Gasteiger partial charge in [-0.15, -0.1) is 17.5 Å². The minimum absolute atomic E-state index is 0. The minimum atomic E-state index is 0. The zero-order valence-electron chi connectivity index (χ0n) is 22.6. The Morgan fingerprint density at radius 1 is 0.853 bits per heavy atom. The van der Waals surface area contributed by atoms with Crippen LogP contribution in [0.1, 0.15) is 95.2 Å². The first-order valence-corrected chi connectivity index (χ1v) is 12.9. The third-order valence-corrected chi connectivity index (χ3v) is 5.77. The number of fused-ring (bicyclic) bond motifs is 3. The van der Waals surface area contributed by atoms with Crippen molar-refractivity contribution in [1.29, 1.82) is 0 Å². The quantitative estimate of drug-likeness (QED) is 0.362. The average molecular weight is 575 g/mol. The molecule has 2 aromatic carbocycles. The monoisotopic (exact) mass is 572 g/mol. The molecule has 0 unspecified atom stereocenters. The fourth-order valence-electron chi connectivity index (χ4n) is 3.86. The molecule has 0 spiro atoms. The molecule has 0 radical (unpaired) electrons. The fraction of sp³-hybridized carbons (Fsp3) is 0.452. The van der Waals surface area contributed by atoms with Crippen molar-refractivity contribution < 1.29 is 49.0 Å². The molecule has 0 aromatic heterocycles. The third kappa shape index (κ3) is 9.04. The van der Waals surface area contributed by atoms with Crippen LogP contribution in [-0.4, -0.2) is 3.21 Å². The van der Waals surface area contributed by atoms with E-state index in [1.165, 1.54) is 47.7 Å². The van der Waals surface area contributed by atoms with Crippen molar-refractivity contribution >= 4 is 3.21 Å². The Bertz CT molecular complexity index is 963. The van der Waals surface area contributed by atoms with Gasteiger partial charge in [-0.25, -0.2) is 12.2 Å². The number of hydrogen-bond acceptors (Lipinski definition) is 0. The van der Waals surface area contributed by atoms with E-state index in [4.69, 9.17) is 0 Å². The molecule has 0 saturated carbocycles. The van der Waals surface area contributed by atoms with Gasteiger partial charge in [0.05, 0.1) is 0 Å². The van der Waals surface area contributed by atoms with E-state index < -0.39 is 0 Å². The molecule has 0 saturated heterocycles. The molecule has 184 valence electrons. The Kier molecular flexibility index (Phi) is 13.2. The smallest absolute Gasteiger partial charge is 0.0132 e. The SMILES string of the molecule is C[C](C)=[Zr+2].Cc1[c-]c(C(C)(C)C)cc2c1Cc1c(C)cc(C(C)(C)C)cc1-2.[C-]1=CC=CC1.[Cl-].[Cl-]. The predicted molar refractivity (Wildman–Crippen MR) is 138 cm³/mol. The predicted octanol–water partition coefficient (Wildman–Crippen LogP) is 2.33. The van der Waals surface area contributed by atoms with E-state index in [9.17, 15) is 0 Å². The summed E-state index contributed by atoms with van der Waals surface area (Å²) in [5.41, 5.74) is 11.7. The fourth-order valence-corrected chi connectivity index (χ4v) is 3.86. The van der Waals surface area contributed by atoms with E-state index in [-0.39, 0.29) is 35.6 Å². The van der Waals surface area contributed by atoms with Crippen LogP contribution >= 0.6 is 0 Å². The molecule has 0 atom stereocenters. The van der Waals surface area contributed by atoms with Gasteiger partial charge in [-0.3, -0.25) is 6.08 Å². The minimum Gasteiger partial charge on any atom is -1.00 e. The summed E-state index contributed by atoms with van der Waals surface area (Å²) in [5.74, 6) is 0. The molecule has 0 nitrogen and oxygen atoms in total. The summed E-state index contributed by atoms with van der Waals surface area (Å²) >= 11 is 1.55. The Hall–Kier alpha value is -0.747. The van der Waals surface area contributed by atoms with Crippen LogP contribution in [0.15, 0.2) is 36.4 Å². The summed E-state index contributed by atoms with van der Waals surface area (Å²) in [7, 11) is 0. The van der Waals surface area contributed by atoms with Crippen LogP contribution in [0, 0.1) is 26.0 Å². The van der Waals surface area contributed by atoms with E-state index in [0.29, 0.717) is 0 Å². The molecule has 0 bridgehead atoms. The van der Waals surface area contributed by atoms with Crippen molar-refractivity contribution in [3.63, 3.8) is 0 Å². The molecule has 4 rings (SSSR count). The summed E-state index contributed by atoms with van der Waals surface area (Å²) in [6, 6.07) is 10.8. The summed E-state index contributed by atoms with van der Waals surface area (Å²) < 4.78 is 1.51. The van der Waals surface area contributed by atoms with Gasteiger partial charge in [0.15, 0.2) is 0 Å². The van der Waals surface area contributed by atoms with Crippen LogP contribution in [-0.2, 0) is 41.5 Å². The number of halogens is 2. The zero-order valence-corrected chi connectivity index (χ0v) is 26.6. The number of rotatable bonds is 0. The molecular weight excluding hydrogens is 534 g/mol. The first-order chi connectivity index (χ1) is 14.7. The summed E-state index contributed by atoms with van der Waals surface area (Å²) in [6.07, 6.45) is 11.1. The molecule has 0 fully saturated rings. The number of aryl methyl sites for hydroxylation is 2. The molecule has 0 N–H and O–H groups in total. The Morgan fingerprint density at radius 2 is 1.41 bits per heavy atom. The maximum absolute atomic E-state index is 3.65. The summed E-state index contributed by atoms with van der Waals surface area (Å²) in [5, 5.41) is 0. The molecule has 0 aliphatic heterocycles.